The van der Waals surface area contributed by atoms with Crippen LogP contribution in [0, 0.1) is 18.3 Å². The fourth-order valence-corrected chi connectivity index (χ4v) is 2.77. The van der Waals surface area contributed by atoms with Crippen molar-refractivity contribution in [2.75, 3.05) is 0 Å². The van der Waals surface area contributed by atoms with Gasteiger partial charge in [0.2, 0.25) is 5.91 Å². The first-order valence-electron chi connectivity index (χ1n) is 7.44. The van der Waals surface area contributed by atoms with Crippen LogP contribution in [0.2, 0.25) is 0 Å². The van der Waals surface area contributed by atoms with Gasteiger partial charge in [0, 0.05) is 30.2 Å². The maximum atomic E-state index is 11.0. The third-order valence-corrected chi connectivity index (χ3v) is 3.85. The van der Waals surface area contributed by atoms with Gasteiger partial charge in [-0.2, -0.15) is 5.26 Å². The van der Waals surface area contributed by atoms with E-state index in [1.807, 2.05) is 30.3 Å². The molecule has 0 spiro atoms. The molecule has 0 saturated carbocycles. The number of carbonyl (C=O) groups is 1. The van der Waals surface area contributed by atoms with E-state index in [1.165, 1.54) is 6.92 Å². The van der Waals surface area contributed by atoms with E-state index in [9.17, 15) is 4.79 Å². The van der Waals surface area contributed by atoms with E-state index in [-0.39, 0.29) is 5.91 Å². The molecular formula is C19H17N3O. The molecule has 4 heteroatoms. The lowest BCUT2D eigenvalue weighted by Crippen LogP contribution is -2.18. The fourth-order valence-electron chi connectivity index (χ4n) is 2.77. The van der Waals surface area contributed by atoms with Crippen LogP contribution in [0.4, 0.5) is 0 Å². The van der Waals surface area contributed by atoms with E-state index in [2.05, 4.69) is 41.1 Å². The number of carbonyl (C=O) groups excluding carboxylic acids is 1. The third kappa shape index (κ3) is 2.95. The second-order valence-electron chi connectivity index (χ2n) is 5.58. The van der Waals surface area contributed by atoms with Crippen LogP contribution in [0.25, 0.3) is 16.6 Å². The highest BCUT2D eigenvalue weighted by atomic mass is 16.1. The summed E-state index contributed by atoms with van der Waals surface area (Å²) in [4.78, 5) is 11.0. The molecule has 0 radical (unpaired) electrons. The summed E-state index contributed by atoms with van der Waals surface area (Å²) >= 11 is 0. The van der Waals surface area contributed by atoms with Gasteiger partial charge >= 0.3 is 0 Å². The van der Waals surface area contributed by atoms with Gasteiger partial charge in [0.15, 0.2) is 0 Å². The highest BCUT2D eigenvalue weighted by Gasteiger charge is 2.08. The van der Waals surface area contributed by atoms with E-state index in [4.69, 9.17) is 5.26 Å². The number of hydrogen-bond donors (Lipinski definition) is 1. The number of nitrogens with zero attached hydrogens (tertiary/aromatic N) is 2. The summed E-state index contributed by atoms with van der Waals surface area (Å²) < 4.78 is 2.17. The average molecular weight is 303 g/mol. The first-order valence-corrected chi connectivity index (χ1v) is 7.44. The normalized spacial score (nSPS) is 10.5. The topological polar surface area (TPSA) is 57.8 Å². The van der Waals surface area contributed by atoms with Crippen molar-refractivity contribution < 1.29 is 4.79 Å². The minimum absolute atomic E-state index is 0.0311. The van der Waals surface area contributed by atoms with Crippen LogP contribution in [-0.2, 0) is 11.3 Å². The van der Waals surface area contributed by atoms with Crippen molar-refractivity contribution in [2.45, 2.75) is 20.4 Å². The van der Waals surface area contributed by atoms with Crippen molar-refractivity contribution in [3.8, 4) is 11.8 Å². The van der Waals surface area contributed by atoms with Crippen LogP contribution in [0.1, 0.15) is 23.7 Å². The predicted octanol–water partition coefficient (Wildman–Crippen LogP) is 3.45. The molecule has 0 saturated heterocycles. The smallest absolute Gasteiger partial charge is 0.217 e. The third-order valence-electron chi connectivity index (χ3n) is 3.85. The standard InChI is InChI=1S/C19H17N3O/c1-13-9-17-10-16(12-21-14(2)23)5-8-19(17)22(13)18-6-3-15(11-20)4-7-18/h3-10H,12H2,1-2H3,(H,21,23). The molecule has 0 unspecified atom stereocenters. The molecule has 0 bridgehead atoms. The second-order valence-corrected chi connectivity index (χ2v) is 5.58. The number of fused-ring (bicyclic) bond motifs is 1. The Balaban J connectivity index is 2.02. The number of nitrogens with one attached hydrogen (secondary N) is 1. The van der Waals surface area contributed by atoms with Gasteiger partial charge in [0.1, 0.15) is 0 Å². The van der Waals surface area contributed by atoms with Gasteiger partial charge in [-0.1, -0.05) is 6.07 Å². The molecule has 3 aromatic rings. The Kier molecular flexibility index (Phi) is 3.86. The Hall–Kier alpha value is -3.06. The molecule has 1 N–H and O–H groups in total. The number of benzene rings is 2. The van der Waals surface area contributed by atoms with Crippen molar-refractivity contribution in [3.63, 3.8) is 0 Å². The van der Waals surface area contributed by atoms with Gasteiger partial charge in [-0.15, -0.1) is 0 Å². The molecule has 0 fully saturated rings. The molecule has 0 aliphatic carbocycles. The number of hydrogen-bond acceptors (Lipinski definition) is 2. The average Bonchev–Trinajstić information content (AvgIpc) is 2.88. The molecule has 1 heterocycles. The van der Waals surface area contributed by atoms with Gasteiger partial charge < -0.3 is 9.88 Å². The molecule has 2 aromatic carbocycles. The zero-order chi connectivity index (χ0) is 16.4. The Morgan fingerprint density at radius 3 is 2.57 bits per heavy atom. The largest absolute Gasteiger partial charge is 0.352 e. The molecular weight excluding hydrogens is 286 g/mol. The zero-order valence-electron chi connectivity index (χ0n) is 13.1. The Morgan fingerprint density at radius 2 is 1.91 bits per heavy atom. The van der Waals surface area contributed by atoms with Crippen LogP contribution in [0.15, 0.2) is 48.5 Å². The summed E-state index contributed by atoms with van der Waals surface area (Å²) in [5, 5.41) is 12.9. The van der Waals surface area contributed by atoms with Crippen molar-refractivity contribution in [1.82, 2.24) is 9.88 Å². The van der Waals surface area contributed by atoms with Gasteiger partial charge in [-0.3, -0.25) is 4.79 Å². The van der Waals surface area contributed by atoms with Gasteiger partial charge in [0.05, 0.1) is 17.1 Å². The molecule has 23 heavy (non-hydrogen) atoms. The molecule has 1 aromatic heterocycles. The monoisotopic (exact) mass is 303 g/mol. The molecule has 0 atom stereocenters. The van der Waals surface area contributed by atoms with Crippen molar-refractivity contribution in [1.29, 1.82) is 5.26 Å². The van der Waals surface area contributed by atoms with Crippen molar-refractivity contribution in [3.05, 3.63) is 65.4 Å². The fraction of sp³-hybridized carbons (Fsp3) is 0.158. The minimum atomic E-state index is -0.0311. The quantitative estimate of drug-likeness (QED) is 0.805. The van der Waals surface area contributed by atoms with E-state index in [0.29, 0.717) is 12.1 Å². The predicted molar refractivity (Wildman–Crippen MR) is 90.2 cm³/mol. The van der Waals surface area contributed by atoms with Crippen molar-refractivity contribution >= 4 is 16.8 Å². The molecule has 114 valence electrons. The maximum Gasteiger partial charge on any atom is 0.217 e. The summed E-state index contributed by atoms with van der Waals surface area (Å²) in [5.74, 6) is -0.0311. The van der Waals surface area contributed by atoms with Crippen molar-refractivity contribution in [2.24, 2.45) is 0 Å². The van der Waals surface area contributed by atoms with E-state index >= 15 is 0 Å². The second kappa shape index (κ2) is 5.98. The first kappa shape index (κ1) is 14.9. The van der Waals surface area contributed by atoms with Crippen LogP contribution >= 0.6 is 0 Å². The highest BCUT2D eigenvalue weighted by Crippen LogP contribution is 2.25. The van der Waals surface area contributed by atoms with Crippen LogP contribution < -0.4 is 5.32 Å². The lowest BCUT2D eigenvalue weighted by molar-refractivity contribution is -0.119. The maximum absolute atomic E-state index is 11.0. The molecule has 3 rings (SSSR count). The van der Waals surface area contributed by atoms with Gasteiger partial charge in [0.25, 0.3) is 0 Å². The number of amides is 1. The Bertz CT molecular complexity index is 914. The lowest BCUT2D eigenvalue weighted by atomic mass is 10.1. The number of aryl methyl sites for hydroxylation is 1. The molecule has 4 nitrogen and oxygen atoms in total. The summed E-state index contributed by atoms with van der Waals surface area (Å²) in [6.45, 7) is 4.11. The number of aromatic nitrogens is 1. The highest BCUT2D eigenvalue weighted by molar-refractivity contribution is 5.84. The Morgan fingerprint density at radius 1 is 1.17 bits per heavy atom. The van der Waals surface area contributed by atoms with Crippen LogP contribution in [0.3, 0.4) is 0 Å². The molecule has 0 aliphatic heterocycles. The number of rotatable bonds is 3. The van der Waals surface area contributed by atoms with Gasteiger partial charge in [-0.05, 0) is 55.0 Å². The van der Waals surface area contributed by atoms with E-state index in [1.54, 1.807) is 0 Å². The SMILES string of the molecule is CC(=O)NCc1ccc2c(c1)cc(C)n2-c1ccc(C#N)cc1. The first-order chi connectivity index (χ1) is 11.1. The van der Waals surface area contributed by atoms with Crippen LogP contribution in [0.5, 0.6) is 0 Å². The molecule has 1 amide bonds. The number of nitriles is 1. The lowest BCUT2D eigenvalue weighted by Gasteiger charge is -2.09. The van der Waals surface area contributed by atoms with E-state index in [0.717, 1.165) is 27.8 Å². The zero-order valence-corrected chi connectivity index (χ0v) is 13.1. The molecule has 0 aliphatic rings. The van der Waals surface area contributed by atoms with Gasteiger partial charge in [-0.25, -0.2) is 0 Å². The summed E-state index contributed by atoms with van der Waals surface area (Å²) in [7, 11) is 0. The summed E-state index contributed by atoms with van der Waals surface area (Å²) in [5.41, 5.74) is 5.00. The summed E-state index contributed by atoms with van der Waals surface area (Å²) in [6, 6.07) is 18.0. The summed E-state index contributed by atoms with van der Waals surface area (Å²) in [6.07, 6.45) is 0. The Labute approximate surface area is 135 Å². The van der Waals surface area contributed by atoms with E-state index < -0.39 is 0 Å². The van der Waals surface area contributed by atoms with Crippen LogP contribution in [-0.4, -0.2) is 10.5 Å². The minimum Gasteiger partial charge on any atom is -0.352 e.